The van der Waals surface area contributed by atoms with Crippen molar-refractivity contribution in [3.05, 3.63) is 63.0 Å². The molecule has 0 spiro atoms. The van der Waals surface area contributed by atoms with E-state index in [0.29, 0.717) is 5.02 Å². The smallest absolute Gasteiger partial charge is 0.251 e. The summed E-state index contributed by atoms with van der Waals surface area (Å²) in [5.74, 6) is -0.232. The van der Waals surface area contributed by atoms with Gasteiger partial charge in [-0.25, -0.2) is 0 Å². The summed E-state index contributed by atoms with van der Waals surface area (Å²) in [6.45, 7) is 5.79. The highest BCUT2D eigenvalue weighted by molar-refractivity contribution is 6.30. The van der Waals surface area contributed by atoms with Crippen LogP contribution in [-0.4, -0.2) is 10.5 Å². The Morgan fingerprint density at radius 2 is 1.78 bits per heavy atom. The zero-order valence-electron chi connectivity index (χ0n) is 13.6. The summed E-state index contributed by atoms with van der Waals surface area (Å²) < 4.78 is 1.35. The molecular formula is C18H21ClN2O2. The van der Waals surface area contributed by atoms with Gasteiger partial charge in [0.1, 0.15) is 6.04 Å². The molecule has 0 saturated carbocycles. The fraction of sp³-hybridized carbons (Fsp3) is 0.333. The zero-order valence-corrected chi connectivity index (χ0v) is 14.4. The lowest BCUT2D eigenvalue weighted by molar-refractivity contribution is -0.118. The molecule has 0 aliphatic rings. The number of hydrogen-bond acceptors (Lipinski definition) is 2. The summed E-state index contributed by atoms with van der Waals surface area (Å²) in [6.07, 6.45) is 3.14. The Hall–Kier alpha value is -2.07. The molecule has 122 valence electrons. The SMILES string of the molecule is CCc1cccc(CC)c1NC(=O)C(C)n1cc(Cl)ccc1=O. The van der Waals surface area contributed by atoms with Gasteiger partial charge in [0.05, 0.1) is 5.02 Å². The minimum Gasteiger partial charge on any atom is -0.324 e. The minimum absolute atomic E-state index is 0.232. The summed E-state index contributed by atoms with van der Waals surface area (Å²) >= 11 is 5.93. The highest BCUT2D eigenvalue weighted by Crippen LogP contribution is 2.23. The van der Waals surface area contributed by atoms with Crippen LogP contribution in [-0.2, 0) is 17.6 Å². The number of carbonyl (C=O) groups excluding carboxylic acids is 1. The van der Waals surface area contributed by atoms with Crippen LogP contribution in [0.4, 0.5) is 5.69 Å². The molecular weight excluding hydrogens is 312 g/mol. The van der Waals surface area contributed by atoms with Crippen molar-refractivity contribution in [2.75, 3.05) is 5.32 Å². The highest BCUT2D eigenvalue weighted by atomic mass is 35.5. The second-order valence-electron chi connectivity index (χ2n) is 5.42. The zero-order chi connectivity index (χ0) is 17.0. The molecule has 0 radical (unpaired) electrons. The standard InChI is InChI=1S/C18H21ClN2O2/c1-4-13-7-6-8-14(5-2)17(13)20-18(23)12(3)21-11-15(19)9-10-16(21)22/h6-12H,4-5H2,1-3H3,(H,20,23). The number of benzene rings is 1. The average Bonchev–Trinajstić information content (AvgIpc) is 2.56. The van der Waals surface area contributed by atoms with Gasteiger partial charge in [-0.05, 0) is 37.0 Å². The fourth-order valence-corrected chi connectivity index (χ4v) is 2.70. The van der Waals surface area contributed by atoms with Crippen LogP contribution in [0, 0.1) is 0 Å². The number of aryl methyl sites for hydroxylation is 2. The molecule has 0 aliphatic carbocycles. The highest BCUT2D eigenvalue weighted by Gasteiger charge is 2.18. The largest absolute Gasteiger partial charge is 0.324 e. The van der Waals surface area contributed by atoms with Crippen molar-refractivity contribution in [1.82, 2.24) is 4.57 Å². The quantitative estimate of drug-likeness (QED) is 0.904. The summed E-state index contributed by atoms with van der Waals surface area (Å²) in [7, 11) is 0. The predicted molar refractivity (Wildman–Crippen MR) is 94.3 cm³/mol. The van der Waals surface area contributed by atoms with E-state index in [1.807, 2.05) is 18.2 Å². The maximum Gasteiger partial charge on any atom is 0.251 e. The van der Waals surface area contributed by atoms with Gasteiger partial charge in [0.15, 0.2) is 0 Å². The van der Waals surface area contributed by atoms with E-state index in [-0.39, 0.29) is 11.5 Å². The van der Waals surface area contributed by atoms with Gasteiger partial charge in [-0.3, -0.25) is 9.59 Å². The van der Waals surface area contributed by atoms with E-state index in [1.165, 1.54) is 22.9 Å². The first kappa shape index (κ1) is 17.3. The van der Waals surface area contributed by atoms with Crippen LogP contribution in [0.15, 0.2) is 41.3 Å². The van der Waals surface area contributed by atoms with Crippen molar-refractivity contribution in [3.8, 4) is 0 Å². The van der Waals surface area contributed by atoms with Crippen molar-refractivity contribution in [1.29, 1.82) is 0 Å². The van der Waals surface area contributed by atoms with Gasteiger partial charge in [-0.15, -0.1) is 0 Å². The third kappa shape index (κ3) is 3.82. The van der Waals surface area contributed by atoms with Gasteiger partial charge in [-0.2, -0.15) is 0 Å². The Bertz CT molecular complexity index is 746. The molecule has 1 unspecified atom stereocenters. The van der Waals surface area contributed by atoms with Crippen LogP contribution in [0.3, 0.4) is 0 Å². The van der Waals surface area contributed by atoms with Crippen LogP contribution in [0.25, 0.3) is 0 Å². The number of pyridine rings is 1. The molecule has 1 atom stereocenters. The Labute approximate surface area is 141 Å². The molecule has 2 aromatic rings. The van der Waals surface area contributed by atoms with Crippen molar-refractivity contribution in [3.63, 3.8) is 0 Å². The van der Waals surface area contributed by atoms with E-state index in [2.05, 4.69) is 19.2 Å². The van der Waals surface area contributed by atoms with Crippen molar-refractivity contribution in [2.24, 2.45) is 0 Å². The lowest BCUT2D eigenvalue weighted by Crippen LogP contribution is -2.31. The van der Waals surface area contributed by atoms with E-state index in [0.717, 1.165) is 29.7 Å². The Kier molecular flexibility index (Phi) is 5.61. The van der Waals surface area contributed by atoms with Crippen LogP contribution in [0.2, 0.25) is 5.02 Å². The van der Waals surface area contributed by atoms with Crippen molar-refractivity contribution >= 4 is 23.2 Å². The molecule has 1 aromatic heterocycles. The van der Waals surface area contributed by atoms with E-state index in [9.17, 15) is 9.59 Å². The van der Waals surface area contributed by atoms with Gasteiger partial charge in [0.2, 0.25) is 5.91 Å². The number of nitrogens with zero attached hydrogens (tertiary/aromatic N) is 1. The Morgan fingerprint density at radius 1 is 1.17 bits per heavy atom. The Morgan fingerprint density at radius 3 is 2.35 bits per heavy atom. The number of halogens is 1. The third-order valence-electron chi connectivity index (χ3n) is 3.95. The molecule has 0 fully saturated rings. The van der Waals surface area contributed by atoms with E-state index < -0.39 is 6.04 Å². The third-order valence-corrected chi connectivity index (χ3v) is 4.17. The number of anilines is 1. The summed E-state index contributed by atoms with van der Waals surface area (Å²) in [4.78, 5) is 24.5. The lowest BCUT2D eigenvalue weighted by atomic mass is 10.0. The second-order valence-corrected chi connectivity index (χ2v) is 5.85. The van der Waals surface area contributed by atoms with Crippen LogP contribution in [0.1, 0.15) is 37.9 Å². The number of hydrogen-bond donors (Lipinski definition) is 1. The first-order valence-corrected chi connectivity index (χ1v) is 8.15. The Balaban J connectivity index is 2.32. The molecule has 1 amide bonds. The van der Waals surface area contributed by atoms with Gasteiger partial charge in [0, 0.05) is 18.0 Å². The summed E-state index contributed by atoms with van der Waals surface area (Å²) in [6, 6.07) is 8.25. The lowest BCUT2D eigenvalue weighted by Gasteiger charge is -2.19. The number of para-hydroxylation sites is 1. The molecule has 0 aliphatic heterocycles. The molecule has 1 N–H and O–H groups in total. The average molecular weight is 333 g/mol. The number of carbonyl (C=O) groups is 1. The van der Waals surface area contributed by atoms with E-state index >= 15 is 0 Å². The van der Waals surface area contributed by atoms with Crippen LogP contribution < -0.4 is 10.9 Å². The van der Waals surface area contributed by atoms with Crippen molar-refractivity contribution < 1.29 is 4.79 Å². The van der Waals surface area contributed by atoms with Gasteiger partial charge >= 0.3 is 0 Å². The van der Waals surface area contributed by atoms with Crippen LogP contribution in [0.5, 0.6) is 0 Å². The molecule has 2 rings (SSSR count). The molecule has 1 heterocycles. The molecule has 5 heteroatoms. The van der Waals surface area contributed by atoms with E-state index in [1.54, 1.807) is 6.92 Å². The summed E-state index contributed by atoms with van der Waals surface area (Å²) in [5, 5.41) is 3.41. The number of amides is 1. The van der Waals surface area contributed by atoms with Gasteiger partial charge in [0.25, 0.3) is 5.56 Å². The normalized spacial score (nSPS) is 12.0. The maximum absolute atomic E-state index is 12.6. The van der Waals surface area contributed by atoms with Gasteiger partial charge in [-0.1, -0.05) is 43.6 Å². The molecule has 1 aromatic carbocycles. The van der Waals surface area contributed by atoms with Crippen molar-refractivity contribution in [2.45, 2.75) is 39.7 Å². The topological polar surface area (TPSA) is 51.1 Å². The monoisotopic (exact) mass is 332 g/mol. The maximum atomic E-state index is 12.6. The molecule has 0 saturated heterocycles. The molecule has 0 bridgehead atoms. The molecule has 23 heavy (non-hydrogen) atoms. The first-order chi connectivity index (χ1) is 11.0. The molecule has 4 nitrogen and oxygen atoms in total. The first-order valence-electron chi connectivity index (χ1n) is 7.77. The van der Waals surface area contributed by atoms with Crippen LogP contribution >= 0.6 is 11.6 Å². The number of nitrogens with one attached hydrogen (secondary N) is 1. The summed E-state index contributed by atoms with van der Waals surface area (Å²) in [5.41, 5.74) is 2.77. The predicted octanol–water partition coefficient (Wildman–Crippen LogP) is 3.83. The number of rotatable bonds is 5. The number of aromatic nitrogens is 1. The minimum atomic E-state index is -0.643. The second kappa shape index (κ2) is 7.47. The van der Waals surface area contributed by atoms with Gasteiger partial charge < -0.3 is 9.88 Å². The fourth-order valence-electron chi connectivity index (χ4n) is 2.54. The van der Waals surface area contributed by atoms with E-state index in [4.69, 9.17) is 11.6 Å².